The molecule has 0 radical (unpaired) electrons. The molecule has 1 atom stereocenters. The number of Topliss-reactive ketones (excluding diaryl/α,β-unsaturated/α-hetero) is 1. The zero-order valence-corrected chi connectivity index (χ0v) is 15.6. The number of amides is 1. The fourth-order valence-corrected chi connectivity index (χ4v) is 3.99. The SMILES string of the molecule is O=C1CCC(C(=O)Nc2ncc(-c3ccc(OC(F)(F)F)cc3)s2)n2cccc21. The highest BCUT2D eigenvalue weighted by molar-refractivity contribution is 7.19. The largest absolute Gasteiger partial charge is 0.573 e. The van der Waals surface area contributed by atoms with Gasteiger partial charge in [0.2, 0.25) is 5.91 Å². The van der Waals surface area contributed by atoms with Crippen LogP contribution in [0.15, 0.2) is 48.8 Å². The van der Waals surface area contributed by atoms with Gasteiger partial charge in [-0.3, -0.25) is 9.59 Å². The number of alkyl halides is 3. The zero-order valence-electron chi connectivity index (χ0n) is 14.8. The summed E-state index contributed by atoms with van der Waals surface area (Å²) in [5.41, 5.74) is 1.16. The third-order valence-corrected chi connectivity index (χ3v) is 5.42. The minimum absolute atomic E-state index is 0.00790. The van der Waals surface area contributed by atoms with Gasteiger partial charge in [0.1, 0.15) is 11.8 Å². The number of nitrogens with zero attached hydrogens (tertiary/aromatic N) is 2. The molecule has 1 aliphatic heterocycles. The third kappa shape index (κ3) is 4.16. The smallest absolute Gasteiger partial charge is 0.406 e. The average molecular weight is 421 g/mol. The lowest BCUT2D eigenvalue weighted by molar-refractivity contribution is -0.274. The van der Waals surface area contributed by atoms with Crippen molar-refractivity contribution in [3.05, 3.63) is 54.5 Å². The molecule has 0 saturated heterocycles. The van der Waals surface area contributed by atoms with Crippen molar-refractivity contribution in [2.24, 2.45) is 0 Å². The summed E-state index contributed by atoms with van der Waals surface area (Å²) in [7, 11) is 0. The first-order valence-electron chi connectivity index (χ1n) is 8.63. The summed E-state index contributed by atoms with van der Waals surface area (Å²) >= 11 is 1.20. The number of anilines is 1. The van der Waals surface area contributed by atoms with Gasteiger partial charge in [-0.05, 0) is 48.4 Å². The highest BCUT2D eigenvalue weighted by Crippen LogP contribution is 2.32. The lowest BCUT2D eigenvalue weighted by atomic mass is 10.0. The number of ether oxygens (including phenoxy) is 1. The van der Waals surface area contributed by atoms with Crippen molar-refractivity contribution in [3.63, 3.8) is 0 Å². The van der Waals surface area contributed by atoms with Crippen LogP contribution in [-0.4, -0.2) is 27.6 Å². The van der Waals surface area contributed by atoms with Gasteiger partial charge in [0.25, 0.3) is 0 Å². The highest BCUT2D eigenvalue weighted by atomic mass is 32.1. The van der Waals surface area contributed by atoms with Gasteiger partial charge in [0.05, 0.1) is 10.6 Å². The number of nitrogens with one attached hydrogen (secondary N) is 1. The molecule has 1 amide bonds. The van der Waals surface area contributed by atoms with Crippen LogP contribution in [0.4, 0.5) is 18.3 Å². The van der Waals surface area contributed by atoms with Gasteiger partial charge in [-0.25, -0.2) is 4.98 Å². The van der Waals surface area contributed by atoms with Crippen LogP contribution in [0.3, 0.4) is 0 Å². The predicted molar refractivity (Wildman–Crippen MR) is 99.9 cm³/mol. The summed E-state index contributed by atoms with van der Waals surface area (Å²) < 4.78 is 42.3. The van der Waals surface area contributed by atoms with E-state index in [4.69, 9.17) is 0 Å². The van der Waals surface area contributed by atoms with Crippen LogP contribution in [-0.2, 0) is 4.79 Å². The maximum Gasteiger partial charge on any atom is 0.573 e. The number of benzene rings is 1. The van der Waals surface area contributed by atoms with Crippen molar-refractivity contribution in [1.29, 1.82) is 0 Å². The standard InChI is InChI=1S/C19H14F3N3O3S/c20-19(21,22)28-12-5-3-11(4-6-12)16-10-23-18(29-16)24-17(27)14-7-8-15(26)13-2-1-9-25(13)14/h1-6,9-10,14H,7-8H2,(H,23,24,27). The Morgan fingerprint density at radius 2 is 2.00 bits per heavy atom. The number of aromatic nitrogens is 2. The first-order valence-corrected chi connectivity index (χ1v) is 9.45. The van der Waals surface area contributed by atoms with E-state index in [1.807, 2.05) is 0 Å². The molecule has 4 rings (SSSR count). The van der Waals surface area contributed by atoms with E-state index in [-0.39, 0.29) is 17.4 Å². The molecule has 0 spiro atoms. The van der Waals surface area contributed by atoms with Crippen molar-refractivity contribution in [2.45, 2.75) is 25.2 Å². The molecule has 1 N–H and O–H groups in total. The molecule has 3 aromatic rings. The van der Waals surface area contributed by atoms with Gasteiger partial charge in [-0.1, -0.05) is 11.3 Å². The van der Waals surface area contributed by atoms with E-state index in [0.29, 0.717) is 34.1 Å². The fraction of sp³-hybridized carbons (Fsp3) is 0.211. The lowest BCUT2D eigenvalue weighted by Crippen LogP contribution is -2.31. The molecular formula is C19H14F3N3O3S. The number of thiazole rings is 1. The molecule has 150 valence electrons. The fourth-order valence-electron chi connectivity index (χ4n) is 3.17. The molecule has 10 heteroatoms. The molecule has 1 unspecified atom stereocenters. The second-order valence-corrected chi connectivity index (χ2v) is 7.40. The van der Waals surface area contributed by atoms with Crippen LogP contribution in [0.2, 0.25) is 0 Å². The number of carbonyl (C=O) groups excluding carboxylic acids is 2. The van der Waals surface area contributed by atoms with E-state index in [2.05, 4.69) is 15.0 Å². The van der Waals surface area contributed by atoms with Crippen molar-refractivity contribution in [3.8, 4) is 16.2 Å². The molecule has 2 aromatic heterocycles. The van der Waals surface area contributed by atoms with E-state index >= 15 is 0 Å². The zero-order chi connectivity index (χ0) is 20.6. The minimum Gasteiger partial charge on any atom is -0.406 e. The number of hydrogen-bond donors (Lipinski definition) is 1. The Balaban J connectivity index is 1.45. The monoisotopic (exact) mass is 421 g/mol. The van der Waals surface area contributed by atoms with E-state index in [0.717, 1.165) is 0 Å². The molecule has 0 saturated carbocycles. The molecule has 0 fully saturated rings. The third-order valence-electron chi connectivity index (χ3n) is 4.46. The van der Waals surface area contributed by atoms with E-state index < -0.39 is 12.4 Å². The second kappa shape index (κ2) is 7.36. The summed E-state index contributed by atoms with van der Waals surface area (Å²) in [6, 6.07) is 8.32. The Hall–Kier alpha value is -3.14. The van der Waals surface area contributed by atoms with Crippen LogP contribution in [0.1, 0.15) is 29.4 Å². The van der Waals surface area contributed by atoms with E-state index in [9.17, 15) is 22.8 Å². The quantitative estimate of drug-likeness (QED) is 0.665. The number of hydrogen-bond acceptors (Lipinski definition) is 5. The Morgan fingerprint density at radius 3 is 2.72 bits per heavy atom. The summed E-state index contributed by atoms with van der Waals surface area (Å²) in [6.45, 7) is 0. The Labute approximate surface area is 166 Å². The van der Waals surface area contributed by atoms with E-state index in [1.165, 1.54) is 41.8 Å². The van der Waals surface area contributed by atoms with Crippen molar-refractivity contribution in [1.82, 2.24) is 9.55 Å². The van der Waals surface area contributed by atoms with Crippen LogP contribution in [0, 0.1) is 0 Å². The summed E-state index contributed by atoms with van der Waals surface area (Å²) in [4.78, 5) is 29.4. The molecule has 29 heavy (non-hydrogen) atoms. The molecule has 1 aromatic carbocycles. The van der Waals surface area contributed by atoms with Crippen LogP contribution in [0.5, 0.6) is 5.75 Å². The number of halogens is 3. The number of ketones is 1. The van der Waals surface area contributed by atoms with Crippen molar-refractivity contribution >= 4 is 28.2 Å². The van der Waals surface area contributed by atoms with Gasteiger partial charge >= 0.3 is 6.36 Å². The maximum absolute atomic E-state index is 12.7. The Kier molecular flexibility index (Phi) is 4.87. The molecule has 1 aliphatic rings. The molecule has 0 aliphatic carbocycles. The van der Waals surface area contributed by atoms with Gasteiger partial charge in [0, 0.05) is 18.8 Å². The van der Waals surface area contributed by atoms with Gasteiger partial charge in [-0.15, -0.1) is 13.2 Å². The highest BCUT2D eigenvalue weighted by Gasteiger charge is 2.31. The average Bonchev–Trinajstić information content (AvgIpc) is 3.31. The molecule has 3 heterocycles. The Morgan fingerprint density at radius 1 is 1.24 bits per heavy atom. The topological polar surface area (TPSA) is 73.2 Å². The van der Waals surface area contributed by atoms with Crippen molar-refractivity contribution < 1.29 is 27.5 Å². The van der Waals surface area contributed by atoms with Crippen molar-refractivity contribution in [2.75, 3.05) is 5.32 Å². The number of rotatable bonds is 4. The minimum atomic E-state index is -4.74. The van der Waals surface area contributed by atoms with Gasteiger partial charge in [0.15, 0.2) is 10.9 Å². The molecule has 0 bridgehead atoms. The van der Waals surface area contributed by atoms with Crippen LogP contribution < -0.4 is 10.1 Å². The van der Waals surface area contributed by atoms with E-state index in [1.54, 1.807) is 22.9 Å². The summed E-state index contributed by atoms with van der Waals surface area (Å²) in [5, 5.41) is 3.12. The van der Waals surface area contributed by atoms with Gasteiger partial charge in [-0.2, -0.15) is 0 Å². The maximum atomic E-state index is 12.7. The molecular weight excluding hydrogens is 407 g/mol. The van der Waals surface area contributed by atoms with Crippen LogP contribution in [0.25, 0.3) is 10.4 Å². The second-order valence-electron chi connectivity index (χ2n) is 6.37. The van der Waals surface area contributed by atoms with Crippen LogP contribution >= 0.6 is 11.3 Å². The summed E-state index contributed by atoms with van der Waals surface area (Å²) in [6.07, 6.45) is -0.796. The molecule has 6 nitrogen and oxygen atoms in total. The number of fused-ring (bicyclic) bond motifs is 1. The Bertz CT molecular complexity index is 1060. The normalized spacial score (nSPS) is 16.4. The first-order chi connectivity index (χ1) is 13.8. The first kappa shape index (κ1) is 19.2. The number of carbonyl (C=O) groups is 2. The lowest BCUT2D eigenvalue weighted by Gasteiger charge is -2.24. The summed E-state index contributed by atoms with van der Waals surface area (Å²) in [5.74, 6) is -0.577. The van der Waals surface area contributed by atoms with Gasteiger partial charge < -0.3 is 14.6 Å². The predicted octanol–water partition coefficient (Wildman–Crippen LogP) is 4.67.